The molecule has 0 N–H and O–H groups in total. The van der Waals surface area contributed by atoms with Gasteiger partial charge in [-0.15, -0.1) is 0 Å². The number of halogens is 1. The van der Waals surface area contributed by atoms with E-state index in [-0.39, 0.29) is 29.6 Å². The van der Waals surface area contributed by atoms with Crippen LogP contribution in [0, 0.1) is 10.1 Å². The summed E-state index contributed by atoms with van der Waals surface area (Å²) in [5, 5.41) is 11.1. The topological polar surface area (TPSA) is 102 Å². The van der Waals surface area contributed by atoms with E-state index in [1.54, 1.807) is 36.4 Å². The Morgan fingerprint density at radius 3 is 2.36 bits per heavy atom. The van der Waals surface area contributed by atoms with Crippen LogP contribution in [0.1, 0.15) is 23.6 Å². The second-order valence-electron chi connectivity index (χ2n) is 8.53. The lowest BCUT2D eigenvalue weighted by molar-refractivity contribution is -0.384. The van der Waals surface area contributed by atoms with Crippen LogP contribution < -0.4 is 9.64 Å². The zero-order valence-electron chi connectivity index (χ0n) is 21.1. The minimum atomic E-state index is -0.553. The third-order valence-corrected chi connectivity index (χ3v) is 6.95. The molecule has 0 aromatic heterocycles. The number of nitro groups is 1. The van der Waals surface area contributed by atoms with E-state index in [1.165, 1.54) is 29.0 Å². The van der Waals surface area contributed by atoms with Gasteiger partial charge in [0.25, 0.3) is 11.6 Å². The zero-order valence-corrected chi connectivity index (χ0v) is 23.5. The lowest BCUT2D eigenvalue weighted by Crippen LogP contribution is -2.35. The van der Waals surface area contributed by atoms with Crippen LogP contribution in [0.3, 0.4) is 0 Å². The van der Waals surface area contributed by atoms with E-state index in [2.05, 4.69) is 15.9 Å². The molecule has 11 heteroatoms. The van der Waals surface area contributed by atoms with Gasteiger partial charge in [0.05, 0.1) is 17.7 Å². The molecule has 0 atom stereocenters. The fourth-order valence-electron chi connectivity index (χ4n) is 3.92. The molecule has 39 heavy (non-hydrogen) atoms. The number of non-ortho nitro benzene ring substituents is 1. The van der Waals surface area contributed by atoms with Crippen LogP contribution in [-0.4, -0.2) is 40.5 Å². The molecule has 1 aliphatic heterocycles. The summed E-state index contributed by atoms with van der Waals surface area (Å²) >= 11 is 9.10. The van der Waals surface area contributed by atoms with Crippen LogP contribution in [0.2, 0.25) is 0 Å². The number of benzene rings is 3. The number of rotatable bonds is 9. The lowest BCUT2D eigenvalue weighted by Gasteiger charge is -2.19. The van der Waals surface area contributed by atoms with Gasteiger partial charge in [-0.2, -0.15) is 0 Å². The average Bonchev–Trinajstić information content (AvgIpc) is 3.16. The summed E-state index contributed by atoms with van der Waals surface area (Å²) in [7, 11) is 1.27. The van der Waals surface area contributed by atoms with E-state index in [0.29, 0.717) is 17.0 Å². The predicted molar refractivity (Wildman–Crippen MR) is 154 cm³/mol. The Balaban J connectivity index is 1.68. The maximum Gasteiger partial charge on any atom is 0.325 e. The molecule has 1 amide bonds. The molecule has 1 saturated heterocycles. The molecular weight excluding hydrogens is 586 g/mol. The zero-order chi connectivity index (χ0) is 28.1. The maximum absolute atomic E-state index is 13.7. The van der Waals surface area contributed by atoms with Crippen molar-refractivity contribution in [2.45, 2.75) is 20.0 Å². The van der Waals surface area contributed by atoms with Crippen molar-refractivity contribution in [1.82, 2.24) is 4.90 Å². The fraction of sp³-hybridized carbons (Fsp3) is 0.179. The monoisotopic (exact) mass is 609 g/mol. The third kappa shape index (κ3) is 6.32. The number of nitro benzene ring substituents is 1. The number of hydrogen-bond acceptors (Lipinski definition) is 7. The quantitative estimate of drug-likeness (QED) is 0.101. The van der Waals surface area contributed by atoms with Crippen molar-refractivity contribution in [2.75, 3.05) is 18.6 Å². The maximum atomic E-state index is 13.7. The van der Waals surface area contributed by atoms with Gasteiger partial charge in [-0.05, 0) is 78.3 Å². The molecule has 3 aromatic rings. The Bertz CT molecular complexity index is 1460. The Morgan fingerprint density at radius 1 is 1.08 bits per heavy atom. The minimum Gasteiger partial charge on any atom is -0.488 e. The molecule has 200 valence electrons. The fourth-order valence-corrected chi connectivity index (χ4v) is 4.65. The van der Waals surface area contributed by atoms with Crippen LogP contribution >= 0.6 is 28.1 Å². The van der Waals surface area contributed by atoms with Crippen LogP contribution in [0.4, 0.5) is 11.4 Å². The molecule has 3 aromatic carbocycles. The highest BCUT2D eigenvalue weighted by molar-refractivity contribution is 9.10. The van der Waals surface area contributed by atoms with E-state index in [1.807, 2.05) is 31.2 Å². The molecule has 0 saturated carbocycles. The number of carbonyl (C=O) groups is 2. The van der Waals surface area contributed by atoms with Gasteiger partial charge in [-0.3, -0.25) is 24.6 Å². The van der Waals surface area contributed by atoms with Crippen molar-refractivity contribution in [2.24, 2.45) is 0 Å². The molecule has 0 unspecified atom stereocenters. The number of esters is 1. The number of ether oxygens (including phenoxy) is 2. The number of anilines is 1. The number of nitrogens with zero attached hydrogens (tertiary/aromatic N) is 3. The molecule has 0 radical (unpaired) electrons. The molecule has 1 heterocycles. The highest BCUT2D eigenvalue weighted by Crippen LogP contribution is 2.33. The standard InChI is InChI=1S/C28H24BrN3O6S/c1-3-18-4-9-22(10-5-18)31-27(34)24(30(28(31)39)16-26(33)37-2)15-20-14-21(29)8-13-25(20)38-17-19-6-11-23(12-7-19)32(35)36/h4-15H,3,16-17H2,1-2H3/b24-15-. The summed E-state index contributed by atoms with van der Waals surface area (Å²) in [4.78, 5) is 39.2. The Labute approximate surface area is 238 Å². The third-order valence-electron chi connectivity index (χ3n) is 6.06. The minimum absolute atomic E-state index is 0.0110. The van der Waals surface area contributed by atoms with Crippen molar-refractivity contribution in [3.05, 3.63) is 104 Å². The number of amides is 1. The van der Waals surface area contributed by atoms with Crippen molar-refractivity contribution in [1.29, 1.82) is 0 Å². The van der Waals surface area contributed by atoms with E-state index in [4.69, 9.17) is 21.7 Å². The molecule has 4 rings (SSSR count). The van der Waals surface area contributed by atoms with Gasteiger partial charge in [-0.25, -0.2) is 0 Å². The highest BCUT2D eigenvalue weighted by atomic mass is 79.9. The Morgan fingerprint density at radius 2 is 1.74 bits per heavy atom. The second kappa shape index (κ2) is 12.2. The van der Waals surface area contributed by atoms with Crippen molar-refractivity contribution in [3.63, 3.8) is 0 Å². The smallest absolute Gasteiger partial charge is 0.325 e. The van der Waals surface area contributed by atoms with Gasteiger partial charge >= 0.3 is 5.97 Å². The summed E-state index contributed by atoms with van der Waals surface area (Å²) < 4.78 is 11.6. The molecular formula is C28H24BrN3O6S. The first-order valence-electron chi connectivity index (χ1n) is 11.9. The summed E-state index contributed by atoms with van der Waals surface area (Å²) in [6.07, 6.45) is 2.47. The molecule has 0 spiro atoms. The Kier molecular flexibility index (Phi) is 8.72. The van der Waals surface area contributed by atoms with E-state index in [9.17, 15) is 19.7 Å². The van der Waals surface area contributed by atoms with Crippen molar-refractivity contribution < 1.29 is 24.0 Å². The first kappa shape index (κ1) is 27.9. The van der Waals surface area contributed by atoms with Gasteiger partial charge < -0.3 is 14.4 Å². The summed E-state index contributed by atoms with van der Waals surface area (Å²) in [6.45, 7) is 1.94. The van der Waals surface area contributed by atoms with Gasteiger partial charge in [0.15, 0.2) is 5.11 Å². The van der Waals surface area contributed by atoms with E-state index < -0.39 is 16.8 Å². The SMILES string of the molecule is CCc1ccc(N2C(=O)/C(=C/c3cc(Br)ccc3OCc3ccc([N+](=O)[O-])cc3)N(CC(=O)OC)C2=S)cc1. The first-order valence-corrected chi connectivity index (χ1v) is 13.1. The van der Waals surface area contributed by atoms with Crippen molar-refractivity contribution >= 4 is 62.6 Å². The molecule has 1 aliphatic rings. The van der Waals surface area contributed by atoms with Crippen LogP contribution in [0.15, 0.2) is 76.9 Å². The number of aryl methyl sites for hydroxylation is 1. The van der Waals surface area contributed by atoms with Crippen molar-refractivity contribution in [3.8, 4) is 5.75 Å². The first-order chi connectivity index (χ1) is 18.7. The van der Waals surface area contributed by atoms with Gasteiger partial charge in [0.1, 0.15) is 24.6 Å². The van der Waals surface area contributed by atoms with E-state index >= 15 is 0 Å². The molecule has 0 bridgehead atoms. The predicted octanol–water partition coefficient (Wildman–Crippen LogP) is 5.65. The Hall–Kier alpha value is -4.09. The lowest BCUT2D eigenvalue weighted by atomic mass is 10.1. The van der Waals surface area contributed by atoms with Crippen LogP contribution in [-0.2, 0) is 27.4 Å². The van der Waals surface area contributed by atoms with Crippen LogP contribution in [0.25, 0.3) is 6.08 Å². The number of carbonyl (C=O) groups excluding carboxylic acids is 2. The number of thiocarbonyl (C=S) groups is 1. The summed E-state index contributed by atoms with van der Waals surface area (Å²) in [6, 6.07) is 18.9. The number of methoxy groups -OCH3 is 1. The second-order valence-corrected chi connectivity index (χ2v) is 9.81. The van der Waals surface area contributed by atoms with Gasteiger partial charge in [-0.1, -0.05) is 35.0 Å². The van der Waals surface area contributed by atoms with E-state index in [0.717, 1.165) is 22.0 Å². The summed E-state index contributed by atoms with van der Waals surface area (Å²) in [5.41, 5.74) is 3.17. The average molecular weight is 610 g/mol. The highest BCUT2D eigenvalue weighted by Gasteiger charge is 2.40. The largest absolute Gasteiger partial charge is 0.488 e. The van der Waals surface area contributed by atoms with Gasteiger partial charge in [0.2, 0.25) is 0 Å². The number of hydrogen-bond donors (Lipinski definition) is 0. The molecule has 1 fully saturated rings. The van der Waals surface area contributed by atoms with Gasteiger partial charge in [0, 0.05) is 22.2 Å². The molecule has 0 aliphatic carbocycles. The van der Waals surface area contributed by atoms with Crippen LogP contribution in [0.5, 0.6) is 5.75 Å². The normalized spacial score (nSPS) is 14.2. The molecule has 9 nitrogen and oxygen atoms in total. The summed E-state index contributed by atoms with van der Waals surface area (Å²) in [5.74, 6) is -0.482.